The summed E-state index contributed by atoms with van der Waals surface area (Å²) in [6.07, 6.45) is 1.90. The molecule has 1 spiro atoms. The molecule has 0 bridgehead atoms. The second-order valence-corrected chi connectivity index (χ2v) is 7.31. The molecule has 3 heterocycles. The lowest BCUT2D eigenvalue weighted by molar-refractivity contribution is 0.00943. The van der Waals surface area contributed by atoms with E-state index in [4.69, 9.17) is 4.74 Å². The van der Waals surface area contributed by atoms with E-state index in [0.717, 1.165) is 38.3 Å². The lowest BCUT2D eigenvalue weighted by Crippen LogP contribution is -2.48. The molecule has 2 saturated heterocycles. The molecule has 0 saturated carbocycles. The van der Waals surface area contributed by atoms with Crippen molar-refractivity contribution in [2.45, 2.75) is 24.3 Å². The number of amides is 2. The molecule has 19 heavy (non-hydrogen) atoms. The number of hydrogen-bond acceptors (Lipinski definition) is 4. The van der Waals surface area contributed by atoms with Gasteiger partial charge in [-0.25, -0.2) is 4.79 Å². The summed E-state index contributed by atoms with van der Waals surface area (Å²) in [5.74, 6) is 1.09. The number of carbonyl (C=O) groups is 1. The molecule has 0 radical (unpaired) electrons. The zero-order valence-corrected chi connectivity index (χ0v) is 12.4. The normalized spacial score (nSPS) is 21.8. The second kappa shape index (κ2) is 5.73. The van der Waals surface area contributed by atoms with Gasteiger partial charge in [0.05, 0.1) is 13.2 Å². The number of nitrogens with one attached hydrogen (secondary N) is 1. The monoisotopic (exact) mass is 298 g/mol. The molecular formula is C13H18N2O2S2. The van der Waals surface area contributed by atoms with E-state index in [0.29, 0.717) is 6.54 Å². The van der Waals surface area contributed by atoms with E-state index in [2.05, 4.69) is 5.32 Å². The van der Waals surface area contributed by atoms with E-state index in [1.54, 1.807) is 11.3 Å². The highest BCUT2D eigenvalue weighted by Gasteiger charge is 2.40. The Morgan fingerprint density at radius 3 is 2.95 bits per heavy atom. The van der Waals surface area contributed by atoms with E-state index in [-0.39, 0.29) is 11.0 Å². The minimum absolute atomic E-state index is 0.00450. The Hall–Kier alpha value is -0.720. The number of ether oxygens (including phenoxy) is 1. The van der Waals surface area contributed by atoms with Crippen molar-refractivity contribution < 1.29 is 9.53 Å². The van der Waals surface area contributed by atoms with E-state index in [1.807, 2.05) is 34.2 Å². The lowest BCUT2D eigenvalue weighted by Gasteiger charge is -2.37. The van der Waals surface area contributed by atoms with Crippen molar-refractivity contribution in [2.75, 3.05) is 25.4 Å². The van der Waals surface area contributed by atoms with Crippen molar-refractivity contribution in [3.05, 3.63) is 22.4 Å². The molecule has 0 atom stereocenters. The molecule has 2 amide bonds. The van der Waals surface area contributed by atoms with Gasteiger partial charge in [0.25, 0.3) is 0 Å². The van der Waals surface area contributed by atoms with Crippen LogP contribution in [0.2, 0.25) is 0 Å². The van der Waals surface area contributed by atoms with Crippen LogP contribution in [0.3, 0.4) is 0 Å². The standard InChI is InChI=1S/C13H18N2O2S2/c16-12(14-10-11-2-1-8-18-11)15-5-3-13(4-6-15)17-7-9-19-13/h1-2,8H,3-7,9-10H2,(H,14,16). The van der Waals surface area contributed by atoms with Crippen LogP contribution in [0, 0.1) is 0 Å². The summed E-state index contributed by atoms with van der Waals surface area (Å²) >= 11 is 3.58. The molecule has 3 rings (SSSR count). The van der Waals surface area contributed by atoms with Gasteiger partial charge in [-0.1, -0.05) is 6.07 Å². The molecule has 1 N–H and O–H groups in total. The molecule has 1 aromatic rings. The van der Waals surface area contributed by atoms with Crippen LogP contribution in [-0.2, 0) is 11.3 Å². The average molecular weight is 298 g/mol. The fourth-order valence-electron chi connectivity index (χ4n) is 2.52. The third-order valence-electron chi connectivity index (χ3n) is 3.62. The summed E-state index contributed by atoms with van der Waals surface area (Å²) in [6.45, 7) is 3.07. The second-order valence-electron chi connectivity index (χ2n) is 4.83. The Morgan fingerprint density at radius 2 is 2.32 bits per heavy atom. The summed E-state index contributed by atoms with van der Waals surface area (Å²) in [5, 5.41) is 5.01. The van der Waals surface area contributed by atoms with Crippen LogP contribution in [-0.4, -0.2) is 41.3 Å². The van der Waals surface area contributed by atoms with Crippen molar-refractivity contribution in [3.63, 3.8) is 0 Å². The largest absolute Gasteiger partial charge is 0.363 e. The minimum Gasteiger partial charge on any atom is -0.363 e. The number of rotatable bonds is 2. The van der Waals surface area contributed by atoms with Crippen molar-refractivity contribution in [3.8, 4) is 0 Å². The van der Waals surface area contributed by atoms with Crippen molar-refractivity contribution in [1.82, 2.24) is 10.2 Å². The van der Waals surface area contributed by atoms with E-state index in [9.17, 15) is 4.79 Å². The topological polar surface area (TPSA) is 41.6 Å². The summed E-state index contributed by atoms with van der Waals surface area (Å²) in [6, 6.07) is 4.09. The quantitative estimate of drug-likeness (QED) is 0.912. The first-order chi connectivity index (χ1) is 9.27. The van der Waals surface area contributed by atoms with Gasteiger partial charge in [-0.15, -0.1) is 23.1 Å². The molecule has 0 aromatic carbocycles. The number of nitrogens with zero attached hydrogens (tertiary/aromatic N) is 1. The molecule has 6 heteroatoms. The van der Waals surface area contributed by atoms with Crippen molar-refractivity contribution >= 4 is 29.1 Å². The number of piperidine rings is 1. The summed E-state index contributed by atoms with van der Waals surface area (Å²) in [7, 11) is 0. The summed E-state index contributed by atoms with van der Waals surface area (Å²) in [5.41, 5.74) is 0. The molecule has 2 aliphatic heterocycles. The van der Waals surface area contributed by atoms with Gasteiger partial charge in [-0.05, 0) is 11.4 Å². The zero-order valence-electron chi connectivity index (χ0n) is 10.8. The molecule has 1 aromatic heterocycles. The van der Waals surface area contributed by atoms with E-state index in [1.165, 1.54) is 4.88 Å². The van der Waals surface area contributed by atoms with Gasteiger partial charge in [0, 0.05) is 36.6 Å². The van der Waals surface area contributed by atoms with Gasteiger partial charge in [-0.2, -0.15) is 0 Å². The zero-order chi connectivity index (χ0) is 13.1. The maximum Gasteiger partial charge on any atom is 0.317 e. The fraction of sp³-hybridized carbons (Fsp3) is 0.615. The summed E-state index contributed by atoms with van der Waals surface area (Å²) in [4.78, 5) is 15.2. The number of urea groups is 1. The number of thiophene rings is 1. The van der Waals surface area contributed by atoms with Crippen LogP contribution < -0.4 is 5.32 Å². The molecule has 0 unspecified atom stereocenters. The van der Waals surface area contributed by atoms with Crippen molar-refractivity contribution in [2.24, 2.45) is 0 Å². The van der Waals surface area contributed by atoms with Crippen LogP contribution in [0.1, 0.15) is 17.7 Å². The lowest BCUT2D eigenvalue weighted by atomic mass is 10.1. The van der Waals surface area contributed by atoms with Gasteiger partial charge >= 0.3 is 6.03 Å². The highest BCUT2D eigenvalue weighted by molar-refractivity contribution is 8.00. The van der Waals surface area contributed by atoms with Gasteiger partial charge in [0.1, 0.15) is 4.93 Å². The molecule has 0 aliphatic carbocycles. The Bertz CT molecular complexity index is 420. The SMILES string of the molecule is O=C(NCc1cccs1)N1CCC2(CC1)OCCS2. The number of thioether (sulfide) groups is 1. The number of likely N-dealkylation sites (tertiary alicyclic amines) is 1. The highest BCUT2D eigenvalue weighted by atomic mass is 32.2. The fourth-order valence-corrected chi connectivity index (χ4v) is 4.35. The third kappa shape index (κ3) is 3.07. The molecular weight excluding hydrogens is 280 g/mol. The minimum atomic E-state index is 0.00450. The maximum absolute atomic E-state index is 12.1. The Balaban J connectivity index is 1.46. The predicted molar refractivity (Wildman–Crippen MR) is 78.5 cm³/mol. The molecule has 104 valence electrons. The molecule has 2 aliphatic rings. The van der Waals surface area contributed by atoms with Gasteiger partial charge in [0.2, 0.25) is 0 Å². The van der Waals surface area contributed by atoms with E-state index >= 15 is 0 Å². The highest BCUT2D eigenvalue weighted by Crippen LogP contribution is 2.41. The Kier molecular flexibility index (Phi) is 4.00. The first-order valence-corrected chi connectivity index (χ1v) is 8.47. The number of carbonyl (C=O) groups excluding carboxylic acids is 1. The number of hydrogen-bond donors (Lipinski definition) is 1. The van der Waals surface area contributed by atoms with Gasteiger partial charge in [0.15, 0.2) is 0 Å². The first kappa shape index (κ1) is 13.3. The predicted octanol–water partition coefficient (Wildman–Crippen LogP) is 2.51. The summed E-state index contributed by atoms with van der Waals surface area (Å²) < 4.78 is 5.83. The van der Waals surface area contributed by atoms with E-state index < -0.39 is 0 Å². The Morgan fingerprint density at radius 1 is 1.47 bits per heavy atom. The van der Waals surface area contributed by atoms with Crippen LogP contribution in [0.25, 0.3) is 0 Å². The van der Waals surface area contributed by atoms with Crippen LogP contribution >= 0.6 is 23.1 Å². The van der Waals surface area contributed by atoms with Gasteiger partial charge < -0.3 is 15.0 Å². The van der Waals surface area contributed by atoms with Crippen LogP contribution in [0.5, 0.6) is 0 Å². The maximum atomic E-state index is 12.1. The average Bonchev–Trinajstić information content (AvgIpc) is 3.09. The van der Waals surface area contributed by atoms with Gasteiger partial charge in [-0.3, -0.25) is 0 Å². The van der Waals surface area contributed by atoms with Crippen LogP contribution in [0.4, 0.5) is 4.79 Å². The van der Waals surface area contributed by atoms with Crippen LogP contribution in [0.15, 0.2) is 17.5 Å². The Labute approximate surface area is 121 Å². The molecule has 2 fully saturated rings. The third-order valence-corrected chi connectivity index (χ3v) is 5.92. The van der Waals surface area contributed by atoms with Crippen molar-refractivity contribution in [1.29, 1.82) is 0 Å². The smallest absolute Gasteiger partial charge is 0.317 e. The first-order valence-electron chi connectivity index (χ1n) is 6.61. The molecule has 4 nitrogen and oxygen atoms in total.